The van der Waals surface area contributed by atoms with Crippen molar-refractivity contribution in [2.24, 2.45) is 0 Å². The van der Waals surface area contributed by atoms with E-state index >= 15 is 0 Å². The molecule has 4 aromatic rings. The van der Waals surface area contributed by atoms with E-state index in [0.717, 1.165) is 47.2 Å². The number of benzene rings is 3. The highest BCUT2D eigenvalue weighted by Gasteiger charge is 2.23. The second-order valence-corrected chi connectivity index (χ2v) is 9.46. The number of ether oxygens (including phenoxy) is 1. The molecule has 0 aliphatic carbocycles. The smallest absolute Gasteiger partial charge is 0.251 e. The van der Waals surface area contributed by atoms with Crippen molar-refractivity contribution in [2.75, 3.05) is 13.7 Å². The molecule has 0 spiro atoms. The summed E-state index contributed by atoms with van der Waals surface area (Å²) in [5, 5.41) is 18.7. The van der Waals surface area contributed by atoms with Gasteiger partial charge in [-0.3, -0.25) is 4.79 Å². The lowest BCUT2D eigenvalue weighted by atomic mass is 10.00. The van der Waals surface area contributed by atoms with Crippen LogP contribution in [0.4, 0.5) is 0 Å². The Morgan fingerprint density at radius 3 is 2.59 bits per heavy atom. The number of amides is 1. The van der Waals surface area contributed by atoms with Crippen LogP contribution in [0, 0.1) is 0 Å². The molecule has 1 aromatic heterocycles. The van der Waals surface area contributed by atoms with E-state index in [1.54, 1.807) is 7.11 Å². The molecule has 0 aliphatic rings. The molecule has 0 bridgehead atoms. The normalized spacial score (nSPS) is 12.8. The average molecular weight is 500 g/mol. The van der Waals surface area contributed by atoms with Crippen LogP contribution >= 0.6 is 0 Å². The van der Waals surface area contributed by atoms with Crippen molar-refractivity contribution in [1.29, 1.82) is 0 Å². The van der Waals surface area contributed by atoms with E-state index in [1.165, 1.54) is 0 Å². The largest absolute Gasteiger partial charge is 0.497 e. The van der Waals surface area contributed by atoms with Crippen molar-refractivity contribution < 1.29 is 14.6 Å². The minimum absolute atomic E-state index is 0.182. The summed E-state index contributed by atoms with van der Waals surface area (Å²) in [5.74, 6) is 0.616. The number of carbonyl (C=O) groups is 1. The fourth-order valence-corrected chi connectivity index (χ4v) is 4.54. The van der Waals surface area contributed by atoms with Crippen LogP contribution < -0.4 is 15.4 Å². The van der Waals surface area contributed by atoms with Gasteiger partial charge in [-0.1, -0.05) is 61.9 Å². The molecule has 0 saturated carbocycles. The molecule has 1 heterocycles. The van der Waals surface area contributed by atoms with Gasteiger partial charge in [-0.15, -0.1) is 0 Å². The molecule has 6 nitrogen and oxygen atoms in total. The number of hydrogen-bond donors (Lipinski definition) is 3. The lowest BCUT2D eigenvalue weighted by molar-refractivity contribution is 0.0830. The standard InChI is InChI=1S/C31H37N3O3/c1-3-4-16-34-17-15-25-13-14-26(20-29(25)34)31(36)33-28(19-23-9-6-5-7-10-23)30(35)22-32-21-24-11-8-12-27(18-24)37-2/h5-15,17-18,20,28,30,32,35H,3-4,16,19,21-22H2,1-2H3,(H,33,36)/t28-,30+/m0/s1. The highest BCUT2D eigenvalue weighted by molar-refractivity contribution is 5.98. The van der Waals surface area contributed by atoms with Gasteiger partial charge in [0.05, 0.1) is 19.3 Å². The molecule has 0 unspecified atom stereocenters. The lowest BCUT2D eigenvalue weighted by Gasteiger charge is -2.25. The number of fused-ring (bicyclic) bond motifs is 1. The van der Waals surface area contributed by atoms with Gasteiger partial charge < -0.3 is 25.0 Å². The summed E-state index contributed by atoms with van der Waals surface area (Å²) in [6.07, 6.45) is 4.05. The number of aromatic nitrogens is 1. The van der Waals surface area contributed by atoms with Crippen molar-refractivity contribution in [3.63, 3.8) is 0 Å². The second-order valence-electron chi connectivity index (χ2n) is 9.46. The van der Waals surface area contributed by atoms with Gasteiger partial charge in [0.2, 0.25) is 0 Å². The summed E-state index contributed by atoms with van der Waals surface area (Å²) < 4.78 is 7.50. The summed E-state index contributed by atoms with van der Waals surface area (Å²) in [7, 11) is 1.65. The molecule has 3 aromatic carbocycles. The highest BCUT2D eigenvalue weighted by Crippen LogP contribution is 2.19. The molecule has 0 aliphatic heterocycles. The van der Waals surface area contributed by atoms with Gasteiger partial charge in [0.1, 0.15) is 5.75 Å². The third kappa shape index (κ3) is 7.21. The number of nitrogens with zero attached hydrogens (tertiary/aromatic N) is 1. The second kappa shape index (κ2) is 13.1. The molecule has 3 N–H and O–H groups in total. The Kier molecular flexibility index (Phi) is 9.35. The van der Waals surface area contributed by atoms with Crippen molar-refractivity contribution in [1.82, 2.24) is 15.2 Å². The fourth-order valence-electron chi connectivity index (χ4n) is 4.54. The Hall–Kier alpha value is -3.61. The third-order valence-electron chi connectivity index (χ3n) is 6.68. The minimum atomic E-state index is -0.771. The number of methoxy groups -OCH3 is 1. The van der Waals surface area contributed by atoms with E-state index in [1.807, 2.05) is 72.8 Å². The van der Waals surface area contributed by atoms with Crippen LogP contribution in [-0.4, -0.2) is 41.4 Å². The van der Waals surface area contributed by atoms with E-state index < -0.39 is 12.1 Å². The van der Waals surface area contributed by atoms with Crippen molar-refractivity contribution >= 4 is 16.8 Å². The predicted molar refractivity (Wildman–Crippen MR) is 149 cm³/mol. The quantitative estimate of drug-likeness (QED) is 0.244. The van der Waals surface area contributed by atoms with Crippen molar-refractivity contribution in [3.05, 3.63) is 102 Å². The van der Waals surface area contributed by atoms with Crippen LogP contribution in [-0.2, 0) is 19.5 Å². The minimum Gasteiger partial charge on any atom is -0.497 e. The van der Waals surface area contributed by atoms with Crippen LogP contribution in [0.2, 0.25) is 0 Å². The van der Waals surface area contributed by atoms with Crippen LogP contribution in [0.25, 0.3) is 10.9 Å². The number of carbonyl (C=O) groups excluding carboxylic acids is 1. The topological polar surface area (TPSA) is 75.5 Å². The Balaban J connectivity index is 1.46. The van der Waals surface area contributed by atoms with E-state index in [-0.39, 0.29) is 5.91 Å². The first-order valence-electron chi connectivity index (χ1n) is 13.0. The van der Waals surface area contributed by atoms with Crippen LogP contribution in [0.1, 0.15) is 41.3 Å². The molecule has 4 rings (SSSR count). The van der Waals surface area contributed by atoms with Crippen LogP contribution in [0.5, 0.6) is 5.75 Å². The molecule has 6 heteroatoms. The van der Waals surface area contributed by atoms with E-state index in [4.69, 9.17) is 4.74 Å². The zero-order valence-corrected chi connectivity index (χ0v) is 21.7. The number of aliphatic hydroxyl groups excluding tert-OH is 1. The van der Waals surface area contributed by atoms with Gasteiger partial charge in [0.25, 0.3) is 5.91 Å². The average Bonchev–Trinajstić information content (AvgIpc) is 3.34. The molecule has 0 saturated heterocycles. The molecule has 2 atom stereocenters. The maximum absolute atomic E-state index is 13.3. The molecular weight excluding hydrogens is 462 g/mol. The summed E-state index contributed by atoms with van der Waals surface area (Å²) in [5.41, 5.74) is 3.78. The first-order valence-corrected chi connectivity index (χ1v) is 13.0. The Morgan fingerprint density at radius 2 is 1.81 bits per heavy atom. The van der Waals surface area contributed by atoms with Crippen molar-refractivity contribution in [2.45, 2.75) is 51.4 Å². The van der Waals surface area contributed by atoms with Gasteiger partial charge >= 0.3 is 0 Å². The Bertz CT molecular complexity index is 1290. The third-order valence-corrected chi connectivity index (χ3v) is 6.68. The molecule has 0 radical (unpaired) electrons. The zero-order chi connectivity index (χ0) is 26.0. The maximum atomic E-state index is 13.3. The zero-order valence-electron chi connectivity index (χ0n) is 21.7. The number of unbranched alkanes of at least 4 members (excludes halogenated alkanes) is 1. The molecule has 1 amide bonds. The van der Waals surface area contributed by atoms with Gasteiger partial charge in [-0.05, 0) is 59.7 Å². The number of aliphatic hydroxyl groups is 1. The summed E-state index contributed by atoms with van der Waals surface area (Å²) in [4.78, 5) is 13.3. The highest BCUT2D eigenvalue weighted by atomic mass is 16.5. The number of rotatable bonds is 13. The Labute approximate surface area is 219 Å². The van der Waals surface area contributed by atoms with Gasteiger partial charge in [0.15, 0.2) is 0 Å². The molecule has 0 fully saturated rings. The van der Waals surface area contributed by atoms with E-state index in [9.17, 15) is 9.90 Å². The number of aryl methyl sites for hydroxylation is 1. The van der Waals surface area contributed by atoms with E-state index in [2.05, 4.69) is 34.4 Å². The molecular formula is C31H37N3O3. The van der Waals surface area contributed by atoms with E-state index in [0.29, 0.717) is 25.1 Å². The first kappa shape index (κ1) is 26.5. The summed E-state index contributed by atoms with van der Waals surface area (Å²) in [6, 6.07) is 25.2. The van der Waals surface area contributed by atoms with Crippen LogP contribution in [0.15, 0.2) is 85.1 Å². The summed E-state index contributed by atoms with van der Waals surface area (Å²) in [6.45, 7) is 4.03. The predicted octanol–water partition coefficient (Wildman–Crippen LogP) is 4.94. The van der Waals surface area contributed by atoms with Crippen LogP contribution in [0.3, 0.4) is 0 Å². The molecule has 194 valence electrons. The summed E-state index contributed by atoms with van der Waals surface area (Å²) >= 11 is 0. The monoisotopic (exact) mass is 499 g/mol. The first-order chi connectivity index (χ1) is 18.1. The molecule has 37 heavy (non-hydrogen) atoms. The Morgan fingerprint density at radius 1 is 1.00 bits per heavy atom. The lowest BCUT2D eigenvalue weighted by Crippen LogP contribution is -2.48. The fraction of sp³-hybridized carbons (Fsp3) is 0.323. The number of nitrogens with one attached hydrogen (secondary N) is 2. The number of hydrogen-bond acceptors (Lipinski definition) is 4. The van der Waals surface area contributed by atoms with Gasteiger partial charge in [0, 0.05) is 36.9 Å². The van der Waals surface area contributed by atoms with Crippen molar-refractivity contribution in [3.8, 4) is 5.75 Å². The SMILES string of the molecule is CCCCn1ccc2ccc(C(=O)N[C@@H](Cc3ccccc3)[C@H](O)CNCc3cccc(OC)c3)cc21. The maximum Gasteiger partial charge on any atom is 0.251 e. The van der Waals surface area contributed by atoms with Gasteiger partial charge in [-0.25, -0.2) is 0 Å². The van der Waals surface area contributed by atoms with Gasteiger partial charge in [-0.2, -0.15) is 0 Å².